The number of hydrogen-bond donors (Lipinski definition) is 2. The summed E-state index contributed by atoms with van der Waals surface area (Å²) in [7, 11) is 1.70. The minimum atomic E-state index is -0.431. The van der Waals surface area contributed by atoms with E-state index in [2.05, 4.69) is 21.6 Å². The number of hydrogen-bond acceptors (Lipinski definition) is 5. The van der Waals surface area contributed by atoms with E-state index in [1.807, 2.05) is 6.92 Å². The quantitative estimate of drug-likeness (QED) is 0.575. The molecule has 1 atom stereocenters. The molecule has 7 heteroatoms. The van der Waals surface area contributed by atoms with Crippen LogP contribution in [0.25, 0.3) is 0 Å². The van der Waals surface area contributed by atoms with Crippen LogP contribution in [0.2, 0.25) is 0 Å². The van der Waals surface area contributed by atoms with Crippen molar-refractivity contribution in [2.24, 2.45) is 7.05 Å². The molecule has 6 nitrogen and oxygen atoms in total. The molecular formula is C12H19N5OS. The Morgan fingerprint density at radius 3 is 2.95 bits per heavy atom. The van der Waals surface area contributed by atoms with E-state index in [9.17, 15) is 10.1 Å². The Kier molecular flexibility index (Phi) is 4.32. The van der Waals surface area contributed by atoms with Gasteiger partial charge in [-0.3, -0.25) is 9.88 Å². The first-order valence-electron chi connectivity index (χ1n) is 6.47. The fourth-order valence-electron chi connectivity index (χ4n) is 1.89. The van der Waals surface area contributed by atoms with Crippen LogP contribution in [0.4, 0.5) is 0 Å². The van der Waals surface area contributed by atoms with E-state index in [-0.39, 0.29) is 5.69 Å². The van der Waals surface area contributed by atoms with Crippen molar-refractivity contribution in [2.75, 3.05) is 5.75 Å². The normalized spacial score (nSPS) is 17.9. The van der Waals surface area contributed by atoms with Gasteiger partial charge in [-0.25, -0.2) is 9.89 Å². The van der Waals surface area contributed by atoms with Crippen LogP contribution in [-0.4, -0.2) is 32.1 Å². The molecule has 19 heavy (non-hydrogen) atoms. The third-order valence-electron chi connectivity index (χ3n) is 3.24. The van der Waals surface area contributed by atoms with Gasteiger partial charge in [0.15, 0.2) is 5.16 Å². The highest BCUT2D eigenvalue weighted by atomic mass is 32.2. The van der Waals surface area contributed by atoms with Gasteiger partial charge in [0.05, 0.1) is 6.07 Å². The van der Waals surface area contributed by atoms with Gasteiger partial charge in [-0.2, -0.15) is 5.26 Å². The summed E-state index contributed by atoms with van der Waals surface area (Å²) in [5, 5.41) is 19.7. The third-order valence-corrected chi connectivity index (χ3v) is 4.35. The summed E-state index contributed by atoms with van der Waals surface area (Å²) < 4.78 is 1.50. The molecule has 1 aromatic heterocycles. The average Bonchev–Trinajstić information content (AvgIpc) is 3.14. The number of nitrogens with one attached hydrogen (secondary N) is 2. The van der Waals surface area contributed by atoms with Gasteiger partial charge in [-0.15, -0.1) is 5.10 Å². The van der Waals surface area contributed by atoms with Gasteiger partial charge in [0.25, 0.3) is 0 Å². The Morgan fingerprint density at radius 2 is 2.42 bits per heavy atom. The van der Waals surface area contributed by atoms with Gasteiger partial charge in [-0.1, -0.05) is 11.8 Å². The lowest BCUT2D eigenvalue weighted by molar-refractivity contribution is 0.411. The predicted molar refractivity (Wildman–Crippen MR) is 74.0 cm³/mol. The smallest absolute Gasteiger partial charge is 0.297 e. The van der Waals surface area contributed by atoms with Crippen LogP contribution in [-0.2, 0) is 7.05 Å². The summed E-state index contributed by atoms with van der Waals surface area (Å²) in [6.07, 6.45) is 4.09. The van der Waals surface area contributed by atoms with Crippen LogP contribution in [0, 0.1) is 11.3 Å². The number of aromatic amines is 1. The first-order chi connectivity index (χ1) is 9.04. The molecule has 1 aliphatic carbocycles. The van der Waals surface area contributed by atoms with Gasteiger partial charge < -0.3 is 0 Å². The average molecular weight is 281 g/mol. The zero-order chi connectivity index (χ0) is 13.9. The van der Waals surface area contributed by atoms with Crippen LogP contribution in [0.1, 0.15) is 32.6 Å². The summed E-state index contributed by atoms with van der Waals surface area (Å²) >= 11 is 1.54. The molecule has 1 aromatic rings. The maximum absolute atomic E-state index is 11.2. The van der Waals surface area contributed by atoms with Gasteiger partial charge in [0.1, 0.15) is 5.54 Å². The molecule has 0 aromatic carbocycles. The molecule has 0 radical (unpaired) electrons. The lowest BCUT2D eigenvalue weighted by Crippen LogP contribution is -2.42. The minimum Gasteiger partial charge on any atom is -0.297 e. The van der Waals surface area contributed by atoms with Crippen molar-refractivity contribution in [1.29, 1.82) is 5.26 Å². The zero-order valence-corrected chi connectivity index (χ0v) is 12.1. The van der Waals surface area contributed by atoms with Crippen molar-refractivity contribution in [3.05, 3.63) is 10.5 Å². The molecule has 2 N–H and O–H groups in total. The van der Waals surface area contributed by atoms with Crippen LogP contribution < -0.4 is 11.0 Å². The van der Waals surface area contributed by atoms with Gasteiger partial charge in [0.2, 0.25) is 0 Å². The minimum absolute atomic E-state index is 0.195. The number of nitriles is 1. The van der Waals surface area contributed by atoms with E-state index < -0.39 is 5.54 Å². The van der Waals surface area contributed by atoms with Crippen LogP contribution in [0.3, 0.4) is 0 Å². The van der Waals surface area contributed by atoms with Crippen molar-refractivity contribution in [3.8, 4) is 6.07 Å². The number of rotatable bonds is 7. The third kappa shape index (κ3) is 3.85. The molecule has 1 fully saturated rings. The van der Waals surface area contributed by atoms with Gasteiger partial charge in [0, 0.05) is 18.8 Å². The number of aromatic nitrogens is 3. The Bertz CT molecular complexity index is 527. The molecule has 1 aliphatic rings. The molecule has 2 rings (SSSR count). The number of H-pyrrole nitrogens is 1. The van der Waals surface area contributed by atoms with E-state index >= 15 is 0 Å². The number of nitrogens with zero attached hydrogens (tertiary/aromatic N) is 3. The van der Waals surface area contributed by atoms with E-state index in [1.54, 1.807) is 7.05 Å². The molecule has 0 amide bonds. The lowest BCUT2D eigenvalue weighted by Gasteiger charge is -2.22. The van der Waals surface area contributed by atoms with Gasteiger partial charge in [-0.05, 0) is 32.6 Å². The first-order valence-corrected chi connectivity index (χ1v) is 7.46. The summed E-state index contributed by atoms with van der Waals surface area (Å²) in [5.41, 5.74) is -0.626. The highest BCUT2D eigenvalue weighted by molar-refractivity contribution is 7.99. The molecule has 1 unspecified atom stereocenters. The topological polar surface area (TPSA) is 86.5 Å². The van der Waals surface area contributed by atoms with Crippen molar-refractivity contribution < 1.29 is 0 Å². The molecule has 0 spiro atoms. The monoisotopic (exact) mass is 281 g/mol. The lowest BCUT2D eigenvalue weighted by atomic mass is 9.98. The fraction of sp³-hybridized carbons (Fsp3) is 0.750. The van der Waals surface area contributed by atoms with Crippen molar-refractivity contribution in [1.82, 2.24) is 20.1 Å². The standard InChI is InChI=1S/C12H19N5OS/c1-12(8-13,14-9-4-5-9)6-3-7-19-11-16-15-10(18)17(11)2/h9,14H,3-7H2,1-2H3,(H,15,18). The van der Waals surface area contributed by atoms with E-state index in [0.29, 0.717) is 11.2 Å². The Hall–Kier alpha value is -1.26. The second-order valence-corrected chi connectivity index (χ2v) is 6.25. The van der Waals surface area contributed by atoms with Crippen LogP contribution in [0.5, 0.6) is 0 Å². The molecular weight excluding hydrogens is 262 g/mol. The van der Waals surface area contributed by atoms with Crippen LogP contribution in [0.15, 0.2) is 9.95 Å². The van der Waals surface area contributed by atoms with Crippen molar-refractivity contribution >= 4 is 11.8 Å². The van der Waals surface area contributed by atoms with E-state index in [1.165, 1.54) is 29.2 Å². The fourth-order valence-corrected chi connectivity index (χ4v) is 2.75. The van der Waals surface area contributed by atoms with Crippen LogP contribution >= 0.6 is 11.8 Å². The van der Waals surface area contributed by atoms with E-state index in [4.69, 9.17) is 0 Å². The zero-order valence-electron chi connectivity index (χ0n) is 11.3. The Balaban J connectivity index is 1.75. The molecule has 0 saturated heterocycles. The maximum Gasteiger partial charge on any atom is 0.343 e. The molecule has 0 bridgehead atoms. The Morgan fingerprint density at radius 1 is 1.68 bits per heavy atom. The summed E-state index contributed by atoms with van der Waals surface area (Å²) in [6, 6.07) is 2.90. The first kappa shape index (κ1) is 14.2. The largest absolute Gasteiger partial charge is 0.343 e. The molecule has 104 valence electrons. The van der Waals surface area contributed by atoms with E-state index in [0.717, 1.165) is 18.6 Å². The molecule has 0 aliphatic heterocycles. The maximum atomic E-state index is 11.2. The summed E-state index contributed by atoms with van der Waals surface area (Å²) in [5.74, 6) is 0.849. The predicted octanol–water partition coefficient (Wildman–Crippen LogP) is 1.01. The Labute approximate surface area is 116 Å². The second kappa shape index (κ2) is 5.80. The number of thioether (sulfide) groups is 1. The molecule has 1 saturated carbocycles. The van der Waals surface area contributed by atoms with Gasteiger partial charge >= 0.3 is 5.69 Å². The molecule has 1 heterocycles. The summed E-state index contributed by atoms with van der Waals surface area (Å²) in [6.45, 7) is 1.96. The highest BCUT2D eigenvalue weighted by Gasteiger charge is 2.31. The SMILES string of the molecule is Cn1c(SCCCC(C)(C#N)NC2CC2)n[nH]c1=O. The second-order valence-electron chi connectivity index (χ2n) is 5.18. The highest BCUT2D eigenvalue weighted by Crippen LogP contribution is 2.25. The van der Waals surface area contributed by atoms with Crippen molar-refractivity contribution in [2.45, 2.75) is 49.3 Å². The summed E-state index contributed by atoms with van der Waals surface area (Å²) in [4.78, 5) is 11.2. The van der Waals surface area contributed by atoms with Crippen molar-refractivity contribution in [3.63, 3.8) is 0 Å².